The number of rotatable bonds is 6. The van der Waals surface area contributed by atoms with E-state index < -0.39 is 0 Å². The van der Waals surface area contributed by atoms with E-state index in [4.69, 9.17) is 4.74 Å². The van der Waals surface area contributed by atoms with Crippen LogP contribution in [0.15, 0.2) is 67.3 Å². The summed E-state index contributed by atoms with van der Waals surface area (Å²) < 4.78 is 7.81. The third kappa shape index (κ3) is 5.31. The van der Waals surface area contributed by atoms with Gasteiger partial charge < -0.3 is 19.5 Å². The second-order valence-corrected chi connectivity index (χ2v) is 7.82. The van der Waals surface area contributed by atoms with Crippen molar-refractivity contribution in [3.05, 3.63) is 72.8 Å². The monoisotopic (exact) mass is 418 g/mol. The predicted molar refractivity (Wildman–Crippen MR) is 118 cm³/mol. The van der Waals surface area contributed by atoms with E-state index in [-0.39, 0.29) is 17.7 Å². The fourth-order valence-corrected chi connectivity index (χ4v) is 3.80. The van der Waals surface area contributed by atoms with Gasteiger partial charge in [0.1, 0.15) is 5.75 Å². The number of hydrogen-bond donors (Lipinski definition) is 1. The van der Waals surface area contributed by atoms with E-state index in [1.54, 1.807) is 29.4 Å². The van der Waals surface area contributed by atoms with Crippen molar-refractivity contribution in [2.45, 2.75) is 19.3 Å². The third-order valence-corrected chi connectivity index (χ3v) is 5.40. The Hall–Kier alpha value is -3.61. The molecule has 160 valence electrons. The molecule has 2 amide bonds. The number of likely N-dealkylation sites (tertiary alicyclic amines) is 1. The van der Waals surface area contributed by atoms with Crippen LogP contribution in [0.2, 0.25) is 0 Å². The van der Waals surface area contributed by atoms with Crippen molar-refractivity contribution in [3.63, 3.8) is 0 Å². The Labute approximate surface area is 181 Å². The van der Waals surface area contributed by atoms with Gasteiger partial charge in [0.25, 0.3) is 0 Å². The average molecular weight is 418 g/mol. The summed E-state index contributed by atoms with van der Waals surface area (Å²) >= 11 is 0. The SMILES string of the molecule is Cn1ccc(CC(=O)N2CCCC(C(=O)Nc3ccccc3Oc3cccnc3)C2)c1. The molecule has 31 heavy (non-hydrogen) atoms. The molecule has 4 rings (SSSR count). The van der Waals surface area contributed by atoms with Gasteiger partial charge in [-0.25, -0.2) is 0 Å². The Bertz CT molecular complexity index is 1050. The second-order valence-electron chi connectivity index (χ2n) is 7.82. The van der Waals surface area contributed by atoms with Crippen LogP contribution in [0.3, 0.4) is 0 Å². The smallest absolute Gasteiger partial charge is 0.229 e. The van der Waals surface area contributed by atoms with Crippen LogP contribution in [0.1, 0.15) is 18.4 Å². The topological polar surface area (TPSA) is 76.5 Å². The van der Waals surface area contributed by atoms with Crippen molar-refractivity contribution in [1.29, 1.82) is 0 Å². The van der Waals surface area contributed by atoms with Crippen LogP contribution in [0.25, 0.3) is 0 Å². The highest BCUT2D eigenvalue weighted by Gasteiger charge is 2.29. The van der Waals surface area contributed by atoms with Gasteiger partial charge >= 0.3 is 0 Å². The highest BCUT2D eigenvalue weighted by molar-refractivity contribution is 5.94. The molecule has 7 nitrogen and oxygen atoms in total. The number of carbonyl (C=O) groups is 2. The third-order valence-electron chi connectivity index (χ3n) is 5.40. The highest BCUT2D eigenvalue weighted by atomic mass is 16.5. The van der Waals surface area contributed by atoms with E-state index >= 15 is 0 Å². The molecule has 0 saturated carbocycles. The summed E-state index contributed by atoms with van der Waals surface area (Å²) in [4.78, 5) is 31.6. The van der Waals surface area contributed by atoms with E-state index in [1.807, 2.05) is 54.3 Å². The molecule has 1 saturated heterocycles. The first-order valence-electron chi connectivity index (χ1n) is 10.4. The molecule has 1 fully saturated rings. The molecule has 1 atom stereocenters. The summed E-state index contributed by atoms with van der Waals surface area (Å²) in [6, 6.07) is 12.9. The molecular weight excluding hydrogens is 392 g/mol. The van der Waals surface area contributed by atoms with Gasteiger partial charge in [-0.3, -0.25) is 14.6 Å². The number of anilines is 1. The number of nitrogens with zero attached hydrogens (tertiary/aromatic N) is 3. The van der Waals surface area contributed by atoms with Gasteiger partial charge in [0.05, 0.1) is 24.2 Å². The maximum atomic E-state index is 13.0. The van der Waals surface area contributed by atoms with Crippen molar-refractivity contribution in [1.82, 2.24) is 14.5 Å². The molecule has 1 unspecified atom stereocenters. The lowest BCUT2D eigenvalue weighted by Crippen LogP contribution is -2.44. The van der Waals surface area contributed by atoms with E-state index in [9.17, 15) is 9.59 Å². The zero-order valence-corrected chi connectivity index (χ0v) is 17.5. The quantitative estimate of drug-likeness (QED) is 0.663. The van der Waals surface area contributed by atoms with Gasteiger partial charge in [-0.1, -0.05) is 12.1 Å². The van der Waals surface area contributed by atoms with Gasteiger partial charge in [-0.05, 0) is 48.7 Å². The minimum absolute atomic E-state index is 0.0593. The first-order chi connectivity index (χ1) is 15.1. The summed E-state index contributed by atoms with van der Waals surface area (Å²) in [5.41, 5.74) is 1.59. The first-order valence-corrected chi connectivity index (χ1v) is 10.4. The number of pyridine rings is 1. The van der Waals surface area contributed by atoms with Gasteiger partial charge in [-0.15, -0.1) is 0 Å². The molecule has 0 aliphatic carbocycles. The summed E-state index contributed by atoms with van der Waals surface area (Å²) in [6.45, 7) is 1.12. The number of benzene rings is 1. The molecule has 1 N–H and O–H groups in total. The molecule has 3 aromatic rings. The molecule has 0 spiro atoms. The lowest BCUT2D eigenvalue weighted by Gasteiger charge is -2.32. The summed E-state index contributed by atoms with van der Waals surface area (Å²) in [5.74, 6) is 0.861. The van der Waals surface area contributed by atoms with Crippen LogP contribution < -0.4 is 10.1 Å². The van der Waals surface area contributed by atoms with Crippen molar-refractivity contribution in [3.8, 4) is 11.5 Å². The van der Waals surface area contributed by atoms with Crippen LogP contribution >= 0.6 is 0 Å². The number of amides is 2. The molecule has 3 heterocycles. The number of aromatic nitrogens is 2. The largest absolute Gasteiger partial charge is 0.454 e. The van der Waals surface area contributed by atoms with E-state index in [0.29, 0.717) is 36.7 Å². The van der Waals surface area contributed by atoms with Crippen molar-refractivity contribution in [2.75, 3.05) is 18.4 Å². The molecular formula is C24H26N4O3. The number of para-hydroxylation sites is 2. The maximum Gasteiger partial charge on any atom is 0.229 e. The molecule has 7 heteroatoms. The molecule has 1 aliphatic rings. The van der Waals surface area contributed by atoms with Crippen molar-refractivity contribution < 1.29 is 14.3 Å². The second kappa shape index (κ2) is 9.47. The predicted octanol–water partition coefficient (Wildman–Crippen LogP) is 3.63. The Balaban J connectivity index is 1.39. The summed E-state index contributed by atoms with van der Waals surface area (Å²) in [6.07, 6.45) is 9.10. The minimum Gasteiger partial charge on any atom is -0.454 e. The number of hydrogen-bond acceptors (Lipinski definition) is 4. The fourth-order valence-electron chi connectivity index (χ4n) is 3.80. The summed E-state index contributed by atoms with van der Waals surface area (Å²) in [5, 5.41) is 2.99. The molecule has 0 radical (unpaired) electrons. The Morgan fingerprint density at radius 3 is 2.84 bits per heavy atom. The standard InChI is InChI=1S/C24H26N4O3/c1-27-13-10-18(16-27)14-23(29)28-12-5-6-19(17-28)24(30)26-21-8-2-3-9-22(21)31-20-7-4-11-25-15-20/h2-4,7-11,13,15-16,19H,5-6,12,14,17H2,1H3,(H,26,30). The number of nitrogens with one attached hydrogen (secondary N) is 1. The summed E-state index contributed by atoms with van der Waals surface area (Å²) in [7, 11) is 1.94. The Kier molecular flexibility index (Phi) is 6.31. The Morgan fingerprint density at radius 2 is 2.06 bits per heavy atom. The van der Waals surface area contributed by atoms with Crippen LogP contribution in [-0.4, -0.2) is 39.4 Å². The van der Waals surface area contributed by atoms with Crippen LogP contribution in [0, 0.1) is 5.92 Å². The maximum absolute atomic E-state index is 13.0. The van der Waals surface area contributed by atoms with E-state index in [1.165, 1.54) is 0 Å². The highest BCUT2D eigenvalue weighted by Crippen LogP contribution is 2.30. The van der Waals surface area contributed by atoms with Gasteiger partial charge in [0.15, 0.2) is 5.75 Å². The van der Waals surface area contributed by atoms with E-state index in [0.717, 1.165) is 18.4 Å². The van der Waals surface area contributed by atoms with E-state index in [2.05, 4.69) is 10.3 Å². The number of carbonyl (C=O) groups excluding carboxylic acids is 2. The molecule has 1 aliphatic heterocycles. The van der Waals surface area contributed by atoms with Crippen LogP contribution in [0.4, 0.5) is 5.69 Å². The number of aryl methyl sites for hydroxylation is 1. The average Bonchev–Trinajstić information content (AvgIpc) is 3.20. The normalized spacial score (nSPS) is 16.0. The minimum atomic E-state index is -0.250. The Morgan fingerprint density at radius 1 is 1.19 bits per heavy atom. The number of ether oxygens (including phenoxy) is 1. The van der Waals surface area contributed by atoms with Gasteiger partial charge in [0, 0.05) is 38.7 Å². The van der Waals surface area contributed by atoms with Crippen molar-refractivity contribution >= 4 is 17.5 Å². The zero-order valence-electron chi connectivity index (χ0n) is 17.5. The van der Waals surface area contributed by atoms with Crippen LogP contribution in [0.5, 0.6) is 11.5 Å². The molecule has 1 aromatic carbocycles. The first kappa shape index (κ1) is 20.7. The van der Waals surface area contributed by atoms with Crippen LogP contribution in [-0.2, 0) is 23.1 Å². The lowest BCUT2D eigenvalue weighted by molar-refractivity contribution is -0.133. The number of piperidine rings is 1. The van der Waals surface area contributed by atoms with Gasteiger partial charge in [-0.2, -0.15) is 0 Å². The lowest BCUT2D eigenvalue weighted by atomic mass is 9.96. The zero-order chi connectivity index (χ0) is 21.6. The fraction of sp³-hybridized carbons (Fsp3) is 0.292. The van der Waals surface area contributed by atoms with Crippen molar-refractivity contribution in [2.24, 2.45) is 13.0 Å². The molecule has 2 aromatic heterocycles. The molecule has 0 bridgehead atoms. The van der Waals surface area contributed by atoms with Gasteiger partial charge in [0.2, 0.25) is 11.8 Å².